The third-order valence-electron chi connectivity index (χ3n) is 3.55. The number of aryl methyl sites for hydroxylation is 1. The number of aromatic nitrogens is 1. The van der Waals surface area contributed by atoms with Crippen LogP contribution in [0.25, 0.3) is 0 Å². The third-order valence-corrected chi connectivity index (χ3v) is 5.37. The lowest BCUT2D eigenvalue weighted by atomic mass is 10.1. The van der Waals surface area contributed by atoms with E-state index >= 15 is 0 Å². The van der Waals surface area contributed by atoms with Crippen molar-refractivity contribution in [2.24, 2.45) is 13.0 Å². The fourth-order valence-electron chi connectivity index (χ4n) is 2.03. The molecule has 1 aromatic rings. The van der Waals surface area contributed by atoms with Crippen LogP contribution < -0.4 is 5.32 Å². The highest BCUT2D eigenvalue weighted by atomic mass is 32.2. The number of sulfonamides is 1. The number of hydrogen-bond acceptors (Lipinski definition) is 3. The van der Waals surface area contributed by atoms with Crippen molar-refractivity contribution >= 4 is 10.0 Å². The predicted octanol–water partition coefficient (Wildman–Crippen LogP) is 2.19. The summed E-state index contributed by atoms with van der Waals surface area (Å²) >= 11 is 0. The highest BCUT2D eigenvalue weighted by Crippen LogP contribution is 2.18. The van der Waals surface area contributed by atoms with E-state index in [0.29, 0.717) is 23.9 Å². The van der Waals surface area contributed by atoms with Crippen LogP contribution in [0.3, 0.4) is 0 Å². The van der Waals surface area contributed by atoms with Gasteiger partial charge in [-0.1, -0.05) is 20.8 Å². The molecule has 1 rings (SSSR count). The van der Waals surface area contributed by atoms with Gasteiger partial charge >= 0.3 is 0 Å². The minimum Gasteiger partial charge on any atom is -0.352 e. The molecule has 6 heteroatoms. The van der Waals surface area contributed by atoms with Crippen LogP contribution in [0.2, 0.25) is 0 Å². The summed E-state index contributed by atoms with van der Waals surface area (Å²) < 4.78 is 28.4. The van der Waals surface area contributed by atoms with E-state index in [-0.39, 0.29) is 0 Å². The first-order chi connectivity index (χ1) is 9.78. The van der Waals surface area contributed by atoms with Crippen LogP contribution in [-0.4, -0.2) is 37.4 Å². The topological polar surface area (TPSA) is 54.3 Å². The fraction of sp³-hybridized carbons (Fsp3) is 0.733. The van der Waals surface area contributed by atoms with E-state index in [1.54, 1.807) is 19.3 Å². The maximum atomic E-state index is 12.5. The van der Waals surface area contributed by atoms with Gasteiger partial charge in [-0.3, -0.25) is 0 Å². The van der Waals surface area contributed by atoms with Crippen molar-refractivity contribution in [2.75, 3.05) is 20.1 Å². The molecule has 0 atom stereocenters. The van der Waals surface area contributed by atoms with E-state index in [9.17, 15) is 8.42 Å². The van der Waals surface area contributed by atoms with Gasteiger partial charge in [-0.25, -0.2) is 12.7 Å². The summed E-state index contributed by atoms with van der Waals surface area (Å²) in [5, 5.41) is 3.30. The molecule has 1 aromatic heterocycles. The summed E-state index contributed by atoms with van der Waals surface area (Å²) in [6, 6.07) is 1.77. The van der Waals surface area contributed by atoms with Crippen LogP contribution in [0, 0.1) is 5.92 Å². The van der Waals surface area contributed by atoms with Gasteiger partial charge in [-0.05, 0) is 31.4 Å². The second kappa shape index (κ2) is 7.96. The Hall–Kier alpha value is -0.850. The second-order valence-electron chi connectivity index (χ2n) is 5.96. The van der Waals surface area contributed by atoms with Gasteiger partial charge in [0.25, 0.3) is 0 Å². The SMILES string of the molecule is CCCNCc1cc(S(=O)(=O)N(C)CCC(C)C)cn1C. The van der Waals surface area contributed by atoms with Crippen LogP contribution in [0.5, 0.6) is 0 Å². The summed E-state index contributed by atoms with van der Waals surface area (Å²) in [7, 11) is 0.155. The van der Waals surface area contributed by atoms with Crippen molar-refractivity contribution in [2.45, 2.75) is 45.1 Å². The number of nitrogens with one attached hydrogen (secondary N) is 1. The summed E-state index contributed by atoms with van der Waals surface area (Å²) in [5.41, 5.74) is 0.985. The Morgan fingerprint density at radius 1 is 1.38 bits per heavy atom. The summed E-state index contributed by atoms with van der Waals surface area (Å²) in [4.78, 5) is 0.379. The molecule has 0 aliphatic heterocycles. The highest BCUT2D eigenvalue weighted by Gasteiger charge is 2.22. The smallest absolute Gasteiger partial charge is 0.244 e. The normalized spacial score (nSPS) is 12.5. The quantitative estimate of drug-likeness (QED) is 0.711. The Balaban J connectivity index is 2.81. The molecule has 0 amide bonds. The molecule has 0 spiro atoms. The molecule has 0 bridgehead atoms. The highest BCUT2D eigenvalue weighted by molar-refractivity contribution is 7.89. The number of hydrogen-bond donors (Lipinski definition) is 1. The van der Waals surface area contributed by atoms with Crippen LogP contribution >= 0.6 is 0 Å². The zero-order valence-corrected chi connectivity index (χ0v) is 14.7. The lowest BCUT2D eigenvalue weighted by molar-refractivity contribution is 0.428. The Kier molecular flexibility index (Phi) is 6.90. The molecule has 0 aliphatic carbocycles. The van der Waals surface area contributed by atoms with Gasteiger partial charge in [0.1, 0.15) is 4.90 Å². The Morgan fingerprint density at radius 3 is 2.62 bits per heavy atom. The van der Waals surface area contributed by atoms with Crippen molar-refractivity contribution in [1.82, 2.24) is 14.2 Å². The molecule has 0 unspecified atom stereocenters. The first-order valence-corrected chi connectivity index (χ1v) is 9.05. The first-order valence-electron chi connectivity index (χ1n) is 7.61. The number of nitrogens with zero attached hydrogens (tertiary/aromatic N) is 2. The lowest BCUT2D eigenvalue weighted by Crippen LogP contribution is -2.28. The maximum absolute atomic E-state index is 12.5. The largest absolute Gasteiger partial charge is 0.352 e. The Bertz CT molecular complexity index is 535. The molecule has 0 radical (unpaired) electrons. The van der Waals surface area contributed by atoms with E-state index in [0.717, 1.165) is 25.1 Å². The molecule has 1 heterocycles. The van der Waals surface area contributed by atoms with Crippen molar-refractivity contribution in [1.29, 1.82) is 0 Å². The monoisotopic (exact) mass is 315 g/mol. The summed E-state index contributed by atoms with van der Waals surface area (Å²) in [6.07, 6.45) is 3.63. The molecule has 1 N–H and O–H groups in total. The van der Waals surface area contributed by atoms with Gasteiger partial charge in [0.15, 0.2) is 0 Å². The van der Waals surface area contributed by atoms with Gasteiger partial charge in [-0.2, -0.15) is 0 Å². The van der Waals surface area contributed by atoms with Gasteiger partial charge in [0.2, 0.25) is 10.0 Å². The van der Waals surface area contributed by atoms with Crippen molar-refractivity contribution in [3.8, 4) is 0 Å². The molecule has 0 aliphatic rings. The van der Waals surface area contributed by atoms with Gasteiger partial charge in [0.05, 0.1) is 0 Å². The second-order valence-corrected chi connectivity index (χ2v) is 8.01. The van der Waals surface area contributed by atoms with E-state index in [1.165, 1.54) is 4.31 Å². The summed E-state index contributed by atoms with van der Waals surface area (Å²) in [5.74, 6) is 0.493. The van der Waals surface area contributed by atoms with Crippen molar-refractivity contribution < 1.29 is 8.42 Å². The van der Waals surface area contributed by atoms with Gasteiger partial charge in [0, 0.05) is 39.1 Å². The Morgan fingerprint density at radius 2 is 2.05 bits per heavy atom. The zero-order chi connectivity index (χ0) is 16.0. The molecule has 0 saturated heterocycles. The van der Waals surface area contributed by atoms with Crippen LogP contribution in [0.15, 0.2) is 17.2 Å². The minimum atomic E-state index is -3.38. The molecule has 5 nitrogen and oxygen atoms in total. The third kappa shape index (κ3) is 5.13. The van der Waals surface area contributed by atoms with Gasteiger partial charge < -0.3 is 9.88 Å². The fourth-order valence-corrected chi connectivity index (χ4v) is 3.31. The van der Waals surface area contributed by atoms with E-state index < -0.39 is 10.0 Å². The molecular weight excluding hydrogens is 286 g/mol. The molecule has 0 saturated carbocycles. The lowest BCUT2D eigenvalue weighted by Gasteiger charge is -2.17. The molecule has 21 heavy (non-hydrogen) atoms. The van der Waals surface area contributed by atoms with Crippen molar-refractivity contribution in [3.63, 3.8) is 0 Å². The van der Waals surface area contributed by atoms with E-state index in [2.05, 4.69) is 26.1 Å². The molecule has 0 fully saturated rings. The predicted molar refractivity (Wildman–Crippen MR) is 86.7 cm³/mol. The summed E-state index contributed by atoms with van der Waals surface area (Å²) in [6.45, 7) is 8.48. The minimum absolute atomic E-state index is 0.379. The average Bonchev–Trinajstić information content (AvgIpc) is 2.78. The first kappa shape index (κ1) is 18.2. The molecular formula is C15H29N3O2S. The van der Waals surface area contributed by atoms with E-state index in [1.807, 2.05) is 11.6 Å². The zero-order valence-electron chi connectivity index (χ0n) is 13.9. The van der Waals surface area contributed by atoms with Crippen molar-refractivity contribution in [3.05, 3.63) is 18.0 Å². The Labute approximate surface area is 129 Å². The average molecular weight is 315 g/mol. The molecule has 122 valence electrons. The van der Waals surface area contributed by atoms with Gasteiger partial charge in [-0.15, -0.1) is 0 Å². The van der Waals surface area contributed by atoms with Crippen LogP contribution in [0.4, 0.5) is 0 Å². The maximum Gasteiger partial charge on any atom is 0.244 e. The number of rotatable bonds is 9. The van der Waals surface area contributed by atoms with Crippen LogP contribution in [-0.2, 0) is 23.6 Å². The standard InChI is InChI=1S/C15H29N3O2S/c1-6-8-16-11-14-10-15(12-17(14)4)21(19,20)18(5)9-7-13(2)3/h10,12-13,16H,6-9,11H2,1-5H3. The van der Waals surface area contributed by atoms with E-state index in [4.69, 9.17) is 0 Å². The van der Waals surface area contributed by atoms with Crippen LogP contribution in [0.1, 0.15) is 39.3 Å². The molecule has 0 aromatic carbocycles.